The molecule has 0 bridgehead atoms. The summed E-state index contributed by atoms with van der Waals surface area (Å²) in [5.74, 6) is 0.0408. The summed E-state index contributed by atoms with van der Waals surface area (Å²) in [5.41, 5.74) is -4.26. The van der Waals surface area contributed by atoms with Gasteiger partial charge in [-0.15, -0.1) is 0 Å². The number of fused-ring (bicyclic) bond motifs is 1. The van der Waals surface area contributed by atoms with Crippen molar-refractivity contribution >= 4 is 17.6 Å². The quantitative estimate of drug-likeness (QED) is 0.174. The number of nitriles is 1. The van der Waals surface area contributed by atoms with Gasteiger partial charge in [0.05, 0.1) is 53.3 Å². The topological polar surface area (TPSA) is 98.5 Å². The van der Waals surface area contributed by atoms with E-state index in [9.17, 15) is 49.4 Å². The van der Waals surface area contributed by atoms with E-state index in [1.807, 2.05) is 6.07 Å². The van der Waals surface area contributed by atoms with Crippen LogP contribution >= 0.6 is 0 Å². The van der Waals surface area contributed by atoms with E-state index in [0.29, 0.717) is 18.6 Å². The van der Waals surface area contributed by atoms with Crippen molar-refractivity contribution in [2.24, 2.45) is 0 Å². The van der Waals surface area contributed by atoms with Gasteiger partial charge in [0.25, 0.3) is 0 Å². The zero-order valence-corrected chi connectivity index (χ0v) is 24.5. The number of unbranched alkanes of at least 4 members (excludes halogenated alkanes) is 1. The van der Waals surface area contributed by atoms with Crippen molar-refractivity contribution in [3.8, 4) is 11.8 Å². The summed E-state index contributed by atoms with van der Waals surface area (Å²) in [5, 5.41) is 21.8. The smallest absolute Gasteiger partial charge is 0.416 e. The molecule has 252 valence electrons. The number of amides is 1. The van der Waals surface area contributed by atoms with Crippen LogP contribution in [0.5, 0.6) is 5.75 Å². The molecule has 47 heavy (non-hydrogen) atoms. The van der Waals surface area contributed by atoms with Crippen LogP contribution in [0.1, 0.15) is 59.6 Å². The van der Waals surface area contributed by atoms with Crippen LogP contribution in [0.25, 0.3) is 0 Å². The van der Waals surface area contributed by atoms with Crippen LogP contribution in [-0.2, 0) is 31.4 Å². The van der Waals surface area contributed by atoms with Gasteiger partial charge in [-0.1, -0.05) is 6.92 Å². The standard InChI is InChI=1S/C31H27F9N4O3/c1-2-25-24(14-18-12-20(29(32,33)34)5-6-26(18)44(25)28(45)46)43-27-19(13-23(16-42-27)47-8-4-3-7-41)9-17-10-21(30(35,36)37)15-22(11-17)31(38,39)40/h5-6,10-13,15-16,24-25H,2-4,8-9,14H2,1H3,(H,42,43)(H,45,46). The first-order valence-electron chi connectivity index (χ1n) is 14.2. The van der Waals surface area contributed by atoms with Gasteiger partial charge in [0.15, 0.2) is 0 Å². The van der Waals surface area contributed by atoms with Crippen LogP contribution < -0.4 is 15.0 Å². The minimum atomic E-state index is -5.10. The second-order valence-corrected chi connectivity index (χ2v) is 10.8. The Morgan fingerprint density at radius 2 is 1.64 bits per heavy atom. The zero-order chi connectivity index (χ0) is 34.7. The third-order valence-corrected chi connectivity index (χ3v) is 7.53. The average Bonchev–Trinajstić information content (AvgIpc) is 2.97. The highest BCUT2D eigenvalue weighted by molar-refractivity contribution is 5.89. The normalized spacial score (nSPS) is 16.7. The Hall–Kier alpha value is -4.68. The SMILES string of the molecule is CCC1C(Nc2ncc(OCCCC#N)cc2Cc2cc(C(F)(F)F)cc(C(F)(F)F)c2)Cc2cc(C(F)(F)F)ccc2N1C(=O)O. The van der Waals surface area contributed by atoms with Crippen LogP contribution in [0.4, 0.5) is 55.8 Å². The number of carbonyl (C=O) groups is 1. The van der Waals surface area contributed by atoms with Crippen LogP contribution in [0.3, 0.4) is 0 Å². The van der Waals surface area contributed by atoms with Crippen molar-refractivity contribution in [3.05, 3.63) is 82.0 Å². The van der Waals surface area contributed by atoms with Gasteiger partial charge in [-0.25, -0.2) is 9.78 Å². The van der Waals surface area contributed by atoms with Gasteiger partial charge in [-0.2, -0.15) is 44.8 Å². The third kappa shape index (κ3) is 8.38. The molecule has 2 unspecified atom stereocenters. The number of alkyl halides is 9. The molecule has 0 fully saturated rings. The van der Waals surface area contributed by atoms with Gasteiger partial charge < -0.3 is 15.2 Å². The molecule has 2 heterocycles. The van der Waals surface area contributed by atoms with E-state index in [1.54, 1.807) is 6.92 Å². The number of anilines is 2. The summed E-state index contributed by atoms with van der Waals surface area (Å²) in [4.78, 5) is 17.5. The molecule has 0 radical (unpaired) electrons. The average molecular weight is 675 g/mol. The lowest BCUT2D eigenvalue weighted by Crippen LogP contribution is -2.53. The molecule has 4 rings (SSSR count). The van der Waals surface area contributed by atoms with Crippen molar-refractivity contribution in [3.63, 3.8) is 0 Å². The molecule has 0 saturated carbocycles. The second kappa shape index (κ2) is 13.6. The molecule has 2 aromatic carbocycles. The number of nitrogens with zero attached hydrogens (tertiary/aromatic N) is 3. The fourth-order valence-corrected chi connectivity index (χ4v) is 5.44. The molecule has 2 N–H and O–H groups in total. The number of hydrogen-bond acceptors (Lipinski definition) is 5. The maximum atomic E-state index is 13.6. The lowest BCUT2D eigenvalue weighted by molar-refractivity contribution is -0.143. The second-order valence-electron chi connectivity index (χ2n) is 10.8. The van der Waals surface area contributed by atoms with E-state index >= 15 is 0 Å². The molecule has 1 aliphatic rings. The van der Waals surface area contributed by atoms with Crippen molar-refractivity contribution in [2.45, 2.75) is 69.6 Å². The van der Waals surface area contributed by atoms with Crippen LogP contribution in [0.2, 0.25) is 0 Å². The largest absolute Gasteiger partial charge is 0.492 e. The van der Waals surface area contributed by atoms with Gasteiger partial charge in [-0.3, -0.25) is 4.90 Å². The molecule has 7 nitrogen and oxygen atoms in total. The molecular formula is C31H27F9N4O3. The van der Waals surface area contributed by atoms with Crippen LogP contribution in [-0.4, -0.2) is 34.9 Å². The number of halogens is 9. The van der Waals surface area contributed by atoms with Gasteiger partial charge in [0.1, 0.15) is 11.6 Å². The van der Waals surface area contributed by atoms with Crippen molar-refractivity contribution < 1.29 is 54.2 Å². The van der Waals surface area contributed by atoms with E-state index in [0.717, 1.165) is 23.1 Å². The van der Waals surface area contributed by atoms with Crippen LogP contribution in [0, 0.1) is 11.3 Å². The van der Waals surface area contributed by atoms with Crippen molar-refractivity contribution in [1.29, 1.82) is 5.26 Å². The minimum absolute atomic E-state index is 0.00332. The Bertz CT molecular complexity index is 1620. The lowest BCUT2D eigenvalue weighted by Gasteiger charge is -2.41. The number of pyridine rings is 1. The predicted molar refractivity (Wildman–Crippen MR) is 151 cm³/mol. The maximum absolute atomic E-state index is 13.6. The zero-order valence-electron chi connectivity index (χ0n) is 24.5. The van der Waals surface area contributed by atoms with E-state index in [2.05, 4.69) is 10.3 Å². The highest BCUT2D eigenvalue weighted by atomic mass is 19.4. The molecule has 1 amide bonds. The highest BCUT2D eigenvalue weighted by Crippen LogP contribution is 2.40. The van der Waals surface area contributed by atoms with E-state index in [4.69, 9.17) is 10.00 Å². The Balaban J connectivity index is 1.78. The Morgan fingerprint density at radius 3 is 2.19 bits per heavy atom. The molecule has 0 spiro atoms. The van der Waals surface area contributed by atoms with Gasteiger partial charge in [0, 0.05) is 18.4 Å². The number of hydrogen-bond donors (Lipinski definition) is 2. The molecule has 0 aliphatic carbocycles. The molecule has 1 aliphatic heterocycles. The first kappa shape index (κ1) is 35.2. The lowest BCUT2D eigenvalue weighted by atomic mass is 9.88. The summed E-state index contributed by atoms with van der Waals surface area (Å²) < 4.78 is 128. The summed E-state index contributed by atoms with van der Waals surface area (Å²) in [6.45, 7) is 1.70. The molecular weight excluding hydrogens is 647 g/mol. The molecule has 3 aromatic rings. The van der Waals surface area contributed by atoms with Gasteiger partial charge >= 0.3 is 24.6 Å². The summed E-state index contributed by atoms with van der Waals surface area (Å²) >= 11 is 0. The number of aromatic nitrogens is 1. The fraction of sp³-hybridized carbons (Fsp3) is 0.387. The fourth-order valence-electron chi connectivity index (χ4n) is 5.44. The van der Waals surface area contributed by atoms with E-state index in [1.165, 1.54) is 12.3 Å². The maximum Gasteiger partial charge on any atom is 0.416 e. The summed E-state index contributed by atoms with van der Waals surface area (Å²) in [6, 6.07) is 5.31. The van der Waals surface area contributed by atoms with Crippen molar-refractivity contribution in [2.75, 3.05) is 16.8 Å². The number of carboxylic acid groups (broad SMARTS) is 1. The number of ether oxygens (including phenoxy) is 1. The first-order chi connectivity index (χ1) is 21.9. The minimum Gasteiger partial charge on any atom is -0.492 e. The first-order valence-corrected chi connectivity index (χ1v) is 14.2. The third-order valence-electron chi connectivity index (χ3n) is 7.53. The van der Waals surface area contributed by atoms with Gasteiger partial charge in [0.2, 0.25) is 0 Å². The monoisotopic (exact) mass is 674 g/mol. The molecule has 16 heteroatoms. The Kier molecular flexibility index (Phi) is 10.2. The van der Waals surface area contributed by atoms with Gasteiger partial charge in [-0.05, 0) is 72.9 Å². The van der Waals surface area contributed by atoms with Crippen molar-refractivity contribution in [1.82, 2.24) is 4.98 Å². The number of benzene rings is 2. The van der Waals surface area contributed by atoms with E-state index < -0.39 is 59.8 Å². The predicted octanol–water partition coefficient (Wildman–Crippen LogP) is 8.71. The molecule has 2 atom stereocenters. The highest BCUT2D eigenvalue weighted by Gasteiger charge is 2.40. The van der Waals surface area contributed by atoms with E-state index in [-0.39, 0.29) is 65.9 Å². The molecule has 1 aromatic heterocycles. The number of rotatable bonds is 9. The number of nitrogens with one attached hydrogen (secondary N) is 1. The summed E-state index contributed by atoms with van der Waals surface area (Å²) in [7, 11) is 0. The Morgan fingerprint density at radius 1 is 1.00 bits per heavy atom. The Labute approximate surface area is 262 Å². The summed E-state index contributed by atoms with van der Waals surface area (Å²) in [6.07, 6.45) is -15.1. The molecule has 0 saturated heterocycles. The van der Waals surface area contributed by atoms with Crippen LogP contribution in [0.15, 0.2) is 48.7 Å².